The van der Waals surface area contributed by atoms with Gasteiger partial charge in [-0.25, -0.2) is 4.39 Å². The molecule has 2 rings (SSSR count). The lowest BCUT2D eigenvalue weighted by molar-refractivity contribution is 0.238. The Labute approximate surface area is 119 Å². The minimum absolute atomic E-state index is 0.0533. The van der Waals surface area contributed by atoms with Crippen molar-refractivity contribution in [1.82, 2.24) is 9.88 Å². The van der Waals surface area contributed by atoms with Gasteiger partial charge in [0.1, 0.15) is 5.82 Å². The van der Waals surface area contributed by atoms with Gasteiger partial charge in [0.2, 0.25) is 0 Å². The smallest absolute Gasteiger partial charge is 0.123 e. The first-order valence-corrected chi connectivity index (χ1v) is 6.68. The molecule has 0 aliphatic carbocycles. The van der Waals surface area contributed by atoms with Crippen LogP contribution in [-0.2, 0) is 6.54 Å². The second kappa shape index (κ2) is 6.59. The Morgan fingerprint density at radius 1 is 1.30 bits per heavy atom. The van der Waals surface area contributed by atoms with Gasteiger partial charge in [-0.15, -0.1) is 0 Å². The van der Waals surface area contributed by atoms with Gasteiger partial charge in [0.05, 0.1) is 5.69 Å². The number of rotatable bonds is 5. The van der Waals surface area contributed by atoms with Gasteiger partial charge in [-0.05, 0) is 49.4 Å². The number of aromatic nitrogens is 1. The van der Waals surface area contributed by atoms with Crippen molar-refractivity contribution in [3.8, 4) is 0 Å². The Bertz CT molecular complexity index is 557. The highest BCUT2D eigenvalue weighted by molar-refractivity contribution is 5.30. The zero-order valence-corrected chi connectivity index (χ0v) is 11.9. The van der Waals surface area contributed by atoms with Crippen LogP contribution in [0.3, 0.4) is 0 Å². The quantitative estimate of drug-likeness (QED) is 0.910. The lowest BCUT2D eigenvalue weighted by Crippen LogP contribution is -2.31. The summed E-state index contributed by atoms with van der Waals surface area (Å²) in [4.78, 5) is 6.46. The lowest BCUT2D eigenvalue weighted by Gasteiger charge is -2.28. The Balaban J connectivity index is 2.19. The van der Waals surface area contributed by atoms with Gasteiger partial charge in [-0.2, -0.15) is 0 Å². The maximum atomic E-state index is 13.2. The zero-order valence-electron chi connectivity index (χ0n) is 11.9. The average Bonchev–Trinajstić information content (AvgIpc) is 2.43. The maximum absolute atomic E-state index is 13.2. The monoisotopic (exact) mass is 273 g/mol. The van der Waals surface area contributed by atoms with Crippen LogP contribution in [0, 0.1) is 12.7 Å². The number of benzene rings is 1. The summed E-state index contributed by atoms with van der Waals surface area (Å²) in [6.07, 6.45) is 1.78. The fourth-order valence-electron chi connectivity index (χ4n) is 2.41. The van der Waals surface area contributed by atoms with Crippen LogP contribution < -0.4 is 5.73 Å². The molecule has 0 fully saturated rings. The molecule has 1 aromatic carbocycles. The van der Waals surface area contributed by atoms with Crippen LogP contribution in [-0.4, -0.2) is 23.5 Å². The van der Waals surface area contributed by atoms with Gasteiger partial charge < -0.3 is 5.73 Å². The van der Waals surface area contributed by atoms with Crippen molar-refractivity contribution < 1.29 is 4.39 Å². The van der Waals surface area contributed by atoms with E-state index in [-0.39, 0.29) is 11.9 Å². The molecule has 20 heavy (non-hydrogen) atoms. The minimum atomic E-state index is -0.214. The molecule has 0 spiro atoms. The van der Waals surface area contributed by atoms with Gasteiger partial charge in [-0.1, -0.05) is 12.1 Å². The SMILES string of the molecule is Cc1cc(F)ccc1C(CN)N(C)Cc1ccccn1. The highest BCUT2D eigenvalue weighted by Gasteiger charge is 2.18. The van der Waals surface area contributed by atoms with E-state index in [9.17, 15) is 4.39 Å². The van der Waals surface area contributed by atoms with E-state index < -0.39 is 0 Å². The van der Waals surface area contributed by atoms with Crippen molar-refractivity contribution in [2.75, 3.05) is 13.6 Å². The summed E-state index contributed by atoms with van der Waals surface area (Å²) in [6.45, 7) is 3.10. The normalized spacial score (nSPS) is 12.7. The highest BCUT2D eigenvalue weighted by Crippen LogP contribution is 2.23. The molecule has 1 heterocycles. The Hall–Kier alpha value is -1.78. The Morgan fingerprint density at radius 3 is 2.70 bits per heavy atom. The number of halogens is 1. The molecule has 2 aromatic rings. The molecule has 1 atom stereocenters. The minimum Gasteiger partial charge on any atom is -0.329 e. The highest BCUT2D eigenvalue weighted by atomic mass is 19.1. The second-order valence-corrected chi connectivity index (χ2v) is 4.99. The van der Waals surface area contributed by atoms with E-state index in [4.69, 9.17) is 5.73 Å². The third-order valence-electron chi connectivity index (χ3n) is 3.48. The van der Waals surface area contributed by atoms with Gasteiger partial charge in [0.15, 0.2) is 0 Å². The number of nitrogens with two attached hydrogens (primary N) is 1. The van der Waals surface area contributed by atoms with E-state index in [0.717, 1.165) is 16.8 Å². The molecular formula is C16H20FN3. The molecule has 1 aromatic heterocycles. The van der Waals surface area contributed by atoms with E-state index >= 15 is 0 Å². The zero-order chi connectivity index (χ0) is 14.5. The van der Waals surface area contributed by atoms with Crippen LogP contribution in [0.1, 0.15) is 22.9 Å². The van der Waals surface area contributed by atoms with E-state index in [1.165, 1.54) is 6.07 Å². The van der Waals surface area contributed by atoms with Gasteiger partial charge in [-0.3, -0.25) is 9.88 Å². The molecule has 0 aliphatic rings. The van der Waals surface area contributed by atoms with E-state index in [2.05, 4.69) is 9.88 Å². The topological polar surface area (TPSA) is 42.1 Å². The Kier molecular flexibility index (Phi) is 4.82. The van der Waals surface area contributed by atoms with Crippen LogP contribution in [0.5, 0.6) is 0 Å². The van der Waals surface area contributed by atoms with Crippen molar-refractivity contribution in [2.45, 2.75) is 19.5 Å². The van der Waals surface area contributed by atoms with Crippen LogP contribution in [0.25, 0.3) is 0 Å². The number of likely N-dealkylation sites (N-methyl/N-ethyl adjacent to an activating group) is 1. The summed E-state index contributed by atoms with van der Waals surface area (Å²) >= 11 is 0. The largest absolute Gasteiger partial charge is 0.329 e. The van der Waals surface area contributed by atoms with Crippen LogP contribution >= 0.6 is 0 Å². The van der Waals surface area contributed by atoms with Gasteiger partial charge in [0, 0.05) is 25.3 Å². The predicted molar refractivity (Wildman–Crippen MR) is 78.6 cm³/mol. The first-order chi connectivity index (χ1) is 9.61. The molecule has 3 nitrogen and oxygen atoms in total. The number of nitrogens with zero attached hydrogens (tertiary/aromatic N) is 2. The molecule has 2 N–H and O–H groups in total. The summed E-state index contributed by atoms with van der Waals surface area (Å²) in [6, 6.07) is 10.8. The molecule has 4 heteroatoms. The van der Waals surface area contributed by atoms with Crippen molar-refractivity contribution in [1.29, 1.82) is 0 Å². The van der Waals surface area contributed by atoms with E-state index in [0.29, 0.717) is 13.1 Å². The average molecular weight is 273 g/mol. The maximum Gasteiger partial charge on any atom is 0.123 e. The van der Waals surface area contributed by atoms with E-state index in [1.807, 2.05) is 38.2 Å². The number of hydrogen-bond donors (Lipinski definition) is 1. The predicted octanol–water partition coefficient (Wildman–Crippen LogP) is 2.66. The third-order valence-corrected chi connectivity index (χ3v) is 3.48. The molecular weight excluding hydrogens is 253 g/mol. The third kappa shape index (κ3) is 3.40. The first kappa shape index (κ1) is 14.6. The van der Waals surface area contributed by atoms with Crippen LogP contribution in [0.15, 0.2) is 42.6 Å². The Morgan fingerprint density at radius 2 is 2.10 bits per heavy atom. The number of pyridine rings is 1. The lowest BCUT2D eigenvalue weighted by atomic mass is 10.00. The fraction of sp³-hybridized carbons (Fsp3) is 0.312. The number of aryl methyl sites for hydroxylation is 1. The summed E-state index contributed by atoms with van der Waals surface area (Å²) in [5, 5.41) is 0. The molecule has 106 valence electrons. The van der Waals surface area contributed by atoms with Crippen molar-refractivity contribution in [2.24, 2.45) is 5.73 Å². The standard InChI is InChI=1S/C16H20FN3/c1-12-9-13(17)6-7-15(12)16(10-18)20(2)11-14-5-3-4-8-19-14/h3-9,16H,10-11,18H2,1-2H3. The summed E-state index contributed by atoms with van der Waals surface area (Å²) in [5.41, 5.74) is 8.89. The van der Waals surface area contributed by atoms with Gasteiger partial charge in [0.25, 0.3) is 0 Å². The molecule has 0 bridgehead atoms. The summed E-state index contributed by atoms with van der Waals surface area (Å²) in [5.74, 6) is -0.214. The van der Waals surface area contributed by atoms with E-state index in [1.54, 1.807) is 12.3 Å². The van der Waals surface area contributed by atoms with Crippen molar-refractivity contribution in [3.05, 3.63) is 65.2 Å². The fourth-order valence-corrected chi connectivity index (χ4v) is 2.41. The second-order valence-electron chi connectivity index (χ2n) is 4.99. The van der Waals surface area contributed by atoms with Crippen molar-refractivity contribution in [3.63, 3.8) is 0 Å². The summed E-state index contributed by atoms with van der Waals surface area (Å²) in [7, 11) is 2.01. The molecule has 0 aliphatic heterocycles. The van der Waals surface area contributed by atoms with Crippen LogP contribution in [0.4, 0.5) is 4.39 Å². The van der Waals surface area contributed by atoms with Crippen molar-refractivity contribution >= 4 is 0 Å². The molecule has 0 radical (unpaired) electrons. The molecule has 0 saturated heterocycles. The molecule has 0 amide bonds. The van der Waals surface area contributed by atoms with Crippen LogP contribution in [0.2, 0.25) is 0 Å². The molecule has 1 unspecified atom stereocenters. The number of hydrogen-bond acceptors (Lipinski definition) is 3. The first-order valence-electron chi connectivity index (χ1n) is 6.68. The summed E-state index contributed by atoms with van der Waals surface area (Å²) < 4.78 is 13.2. The van der Waals surface area contributed by atoms with Gasteiger partial charge >= 0.3 is 0 Å². The molecule has 0 saturated carbocycles.